The number of nitrogens with zero attached hydrogens (tertiary/aromatic N) is 1. The lowest BCUT2D eigenvalue weighted by atomic mass is 9.85. The van der Waals surface area contributed by atoms with Crippen molar-refractivity contribution in [3.8, 4) is 10.6 Å². The van der Waals surface area contributed by atoms with Gasteiger partial charge in [-0.05, 0) is 25.0 Å². The molecule has 1 heterocycles. The molecule has 1 aromatic heterocycles. The van der Waals surface area contributed by atoms with Crippen molar-refractivity contribution in [3.63, 3.8) is 0 Å². The summed E-state index contributed by atoms with van der Waals surface area (Å²) in [5, 5.41) is 18.2. The molecule has 0 spiro atoms. The van der Waals surface area contributed by atoms with Crippen LogP contribution in [0.25, 0.3) is 10.6 Å². The number of hydrogen-bond acceptors (Lipinski definition) is 4. The largest absolute Gasteiger partial charge is 0.396 e. The molecule has 23 heavy (non-hydrogen) atoms. The molecular weight excluding hydrogens is 310 g/mol. The van der Waals surface area contributed by atoms with Crippen LogP contribution in [0.5, 0.6) is 0 Å². The number of hydrogen-bond donors (Lipinski definition) is 3. The van der Waals surface area contributed by atoms with Crippen LogP contribution in [-0.2, 0) is 0 Å². The molecule has 1 aliphatic carbocycles. The van der Waals surface area contributed by atoms with Crippen molar-refractivity contribution in [2.45, 2.75) is 31.7 Å². The van der Waals surface area contributed by atoms with Crippen molar-refractivity contribution < 1.29 is 9.90 Å². The van der Waals surface area contributed by atoms with Gasteiger partial charge in [-0.15, -0.1) is 11.3 Å². The number of aliphatic hydroxyl groups is 1. The van der Waals surface area contributed by atoms with Gasteiger partial charge in [-0.25, -0.2) is 9.78 Å². The van der Waals surface area contributed by atoms with E-state index in [1.165, 1.54) is 0 Å². The molecule has 0 saturated heterocycles. The number of aliphatic hydroxyl groups excluding tert-OH is 1. The highest BCUT2D eigenvalue weighted by atomic mass is 32.1. The first kappa shape index (κ1) is 16.0. The van der Waals surface area contributed by atoms with Gasteiger partial charge < -0.3 is 15.7 Å². The highest BCUT2D eigenvalue weighted by molar-refractivity contribution is 7.13. The second kappa shape index (κ2) is 7.57. The van der Waals surface area contributed by atoms with Gasteiger partial charge in [-0.1, -0.05) is 25.0 Å². The molecule has 5 nitrogen and oxygen atoms in total. The number of urea groups is 1. The topological polar surface area (TPSA) is 74.2 Å². The second-order valence-corrected chi connectivity index (χ2v) is 6.74. The maximum absolute atomic E-state index is 12.2. The Labute approximate surface area is 139 Å². The molecule has 0 aliphatic heterocycles. The van der Waals surface area contributed by atoms with E-state index in [1.807, 2.05) is 29.6 Å². The zero-order chi connectivity index (χ0) is 16.1. The summed E-state index contributed by atoms with van der Waals surface area (Å²) < 4.78 is 0. The van der Waals surface area contributed by atoms with Crippen LogP contribution in [0.2, 0.25) is 0 Å². The summed E-state index contributed by atoms with van der Waals surface area (Å²) in [6.07, 6.45) is 5.89. The van der Waals surface area contributed by atoms with E-state index < -0.39 is 0 Å². The summed E-state index contributed by atoms with van der Waals surface area (Å²) >= 11 is 1.57. The molecule has 2 amide bonds. The maximum atomic E-state index is 12.2. The van der Waals surface area contributed by atoms with Crippen molar-refractivity contribution in [2.24, 2.45) is 5.92 Å². The molecule has 0 unspecified atom stereocenters. The third-order valence-electron chi connectivity index (χ3n) is 4.26. The lowest BCUT2D eigenvalue weighted by molar-refractivity contribution is 0.156. The van der Waals surface area contributed by atoms with Gasteiger partial charge in [0, 0.05) is 41.4 Å². The Bertz CT molecular complexity index is 645. The van der Waals surface area contributed by atoms with Crippen LogP contribution in [0.1, 0.15) is 25.7 Å². The SMILES string of the molecule is O=C(Nc1cccc(-c2nccs2)c1)N[C@H]1CCCC[C@H]1CO. The molecule has 1 fully saturated rings. The van der Waals surface area contributed by atoms with Gasteiger partial charge in [0.25, 0.3) is 0 Å². The molecule has 122 valence electrons. The molecule has 3 rings (SSSR count). The second-order valence-electron chi connectivity index (χ2n) is 5.85. The predicted molar refractivity (Wildman–Crippen MR) is 92.5 cm³/mol. The summed E-state index contributed by atoms with van der Waals surface area (Å²) in [4.78, 5) is 16.5. The average molecular weight is 331 g/mol. The minimum atomic E-state index is -0.216. The first-order chi connectivity index (χ1) is 11.3. The fourth-order valence-electron chi connectivity index (χ4n) is 3.05. The summed E-state index contributed by atoms with van der Waals surface area (Å²) in [5.41, 5.74) is 1.73. The number of rotatable bonds is 4. The van der Waals surface area contributed by atoms with E-state index in [9.17, 15) is 9.90 Å². The number of anilines is 1. The smallest absolute Gasteiger partial charge is 0.319 e. The third kappa shape index (κ3) is 4.09. The molecule has 0 radical (unpaired) electrons. The number of carbonyl (C=O) groups is 1. The molecule has 6 heteroatoms. The highest BCUT2D eigenvalue weighted by Gasteiger charge is 2.25. The number of carbonyl (C=O) groups excluding carboxylic acids is 1. The molecule has 1 aromatic carbocycles. The number of thiazole rings is 1. The zero-order valence-corrected chi connectivity index (χ0v) is 13.7. The third-order valence-corrected chi connectivity index (χ3v) is 5.08. The Morgan fingerprint density at radius 3 is 3.00 bits per heavy atom. The summed E-state index contributed by atoms with van der Waals surface area (Å²) in [7, 11) is 0. The standard InChI is InChI=1S/C17H21N3O2S/c21-11-13-4-1-2-7-15(13)20-17(22)19-14-6-3-5-12(10-14)16-18-8-9-23-16/h3,5-6,8-10,13,15,21H,1-2,4,7,11H2,(H2,19,20,22)/t13-,15-/m0/s1. The Morgan fingerprint density at radius 2 is 2.22 bits per heavy atom. The maximum Gasteiger partial charge on any atom is 0.319 e. The Balaban J connectivity index is 1.62. The predicted octanol–water partition coefficient (Wildman–Crippen LogP) is 3.48. The first-order valence-corrected chi connectivity index (χ1v) is 8.82. The molecule has 3 N–H and O–H groups in total. The lowest BCUT2D eigenvalue weighted by Gasteiger charge is -2.30. The molecular formula is C17H21N3O2S. The summed E-state index contributed by atoms with van der Waals surface area (Å²) in [6.45, 7) is 0.129. The van der Waals surface area contributed by atoms with Gasteiger partial charge in [0.05, 0.1) is 0 Å². The van der Waals surface area contributed by atoms with E-state index >= 15 is 0 Å². The highest BCUT2D eigenvalue weighted by Crippen LogP contribution is 2.25. The van der Waals surface area contributed by atoms with Gasteiger partial charge in [-0.3, -0.25) is 0 Å². The van der Waals surface area contributed by atoms with Gasteiger partial charge in [0.15, 0.2) is 0 Å². The summed E-state index contributed by atoms with van der Waals surface area (Å²) in [6, 6.07) is 7.50. The van der Waals surface area contributed by atoms with Crippen LogP contribution in [0.3, 0.4) is 0 Å². The van der Waals surface area contributed by atoms with Crippen molar-refractivity contribution in [2.75, 3.05) is 11.9 Å². The van der Waals surface area contributed by atoms with Gasteiger partial charge in [0.2, 0.25) is 0 Å². The van der Waals surface area contributed by atoms with Crippen LogP contribution in [0, 0.1) is 5.92 Å². The molecule has 0 bridgehead atoms. The van der Waals surface area contributed by atoms with Crippen molar-refractivity contribution >= 4 is 23.1 Å². The Morgan fingerprint density at radius 1 is 1.35 bits per heavy atom. The van der Waals surface area contributed by atoms with Gasteiger partial charge in [-0.2, -0.15) is 0 Å². The van der Waals surface area contributed by atoms with Crippen molar-refractivity contribution in [3.05, 3.63) is 35.8 Å². The van der Waals surface area contributed by atoms with Crippen LogP contribution in [0.4, 0.5) is 10.5 Å². The fraction of sp³-hybridized carbons (Fsp3) is 0.412. The van der Waals surface area contributed by atoms with E-state index in [0.717, 1.165) is 41.9 Å². The van der Waals surface area contributed by atoms with E-state index in [1.54, 1.807) is 17.5 Å². The van der Waals surface area contributed by atoms with E-state index in [-0.39, 0.29) is 24.6 Å². The molecule has 2 aromatic rings. The minimum Gasteiger partial charge on any atom is -0.396 e. The van der Waals surface area contributed by atoms with Crippen LogP contribution >= 0.6 is 11.3 Å². The fourth-order valence-corrected chi connectivity index (χ4v) is 3.68. The van der Waals surface area contributed by atoms with Crippen LogP contribution in [0.15, 0.2) is 35.8 Å². The van der Waals surface area contributed by atoms with Crippen molar-refractivity contribution in [1.82, 2.24) is 10.3 Å². The quantitative estimate of drug-likeness (QED) is 0.803. The zero-order valence-electron chi connectivity index (χ0n) is 12.9. The Kier molecular flexibility index (Phi) is 5.25. The van der Waals surface area contributed by atoms with Gasteiger partial charge >= 0.3 is 6.03 Å². The average Bonchev–Trinajstić information content (AvgIpc) is 3.10. The monoisotopic (exact) mass is 331 g/mol. The number of nitrogens with one attached hydrogen (secondary N) is 2. The normalized spacial score (nSPS) is 20.9. The van der Waals surface area contributed by atoms with E-state index in [0.29, 0.717) is 0 Å². The molecule has 2 atom stereocenters. The van der Waals surface area contributed by atoms with E-state index in [4.69, 9.17) is 0 Å². The first-order valence-electron chi connectivity index (χ1n) is 7.94. The van der Waals surface area contributed by atoms with E-state index in [2.05, 4.69) is 15.6 Å². The molecule has 1 aliphatic rings. The lowest BCUT2D eigenvalue weighted by Crippen LogP contribution is -2.45. The minimum absolute atomic E-state index is 0.0518. The summed E-state index contributed by atoms with van der Waals surface area (Å²) in [5.74, 6) is 0.163. The van der Waals surface area contributed by atoms with Crippen LogP contribution in [-0.4, -0.2) is 28.8 Å². The number of amides is 2. The number of aromatic nitrogens is 1. The van der Waals surface area contributed by atoms with Crippen molar-refractivity contribution in [1.29, 1.82) is 0 Å². The number of benzene rings is 1. The van der Waals surface area contributed by atoms with Crippen LogP contribution < -0.4 is 10.6 Å². The molecule has 1 saturated carbocycles. The van der Waals surface area contributed by atoms with Gasteiger partial charge in [0.1, 0.15) is 5.01 Å². The Hall–Kier alpha value is -1.92.